The number of hydrogen-bond acceptors (Lipinski definition) is 3. The molecule has 2 aliphatic rings. The zero-order valence-electron chi connectivity index (χ0n) is 18.1. The van der Waals surface area contributed by atoms with Crippen molar-refractivity contribution in [3.63, 3.8) is 0 Å². The summed E-state index contributed by atoms with van der Waals surface area (Å²) in [5, 5.41) is 10.0. The Morgan fingerprint density at radius 3 is 2.41 bits per heavy atom. The number of amides is 1. The second kappa shape index (κ2) is 8.79. The second-order valence-electron chi connectivity index (χ2n) is 8.88. The van der Waals surface area contributed by atoms with Gasteiger partial charge in [0.05, 0.1) is 23.3 Å². The number of aromatic nitrogens is 1. The fraction of sp³-hybridized carbons (Fsp3) is 0.385. The normalized spacial score (nSPS) is 20.1. The van der Waals surface area contributed by atoms with Gasteiger partial charge >= 0.3 is 5.97 Å². The average molecular weight is 433 g/mol. The van der Waals surface area contributed by atoms with E-state index in [9.17, 15) is 9.59 Å². The van der Waals surface area contributed by atoms with E-state index in [1.54, 1.807) is 12.1 Å². The second-order valence-corrected chi connectivity index (χ2v) is 8.88. The smallest absolute Gasteiger partial charge is 0.335 e. The summed E-state index contributed by atoms with van der Waals surface area (Å²) in [7, 11) is 0. The number of carboxylic acids is 1. The van der Waals surface area contributed by atoms with Crippen LogP contribution in [0.2, 0.25) is 0 Å². The molecule has 0 spiro atoms. The summed E-state index contributed by atoms with van der Waals surface area (Å²) in [4.78, 5) is 26.3. The number of para-hydroxylation sites is 1. The molecule has 5 rings (SSSR count). The zero-order chi connectivity index (χ0) is 22.1. The minimum atomic E-state index is -0.897. The van der Waals surface area contributed by atoms with Gasteiger partial charge in [0, 0.05) is 36.7 Å². The standard InChI is InChI=1S/C26H28N2O4/c29-25(28-15-20-12-13-21(16-28)32-20)23-17-27(24-7-2-1-6-22(23)24)14-4-3-5-18-8-10-19(11-9-18)26(30)31/h1-2,6-11,17,20-21H,3-5,12-16H2,(H,30,31). The number of morpholine rings is 1. The Bertz CT molecular complexity index is 1120. The number of carboxylic acid groups (broad SMARTS) is 1. The number of fused-ring (bicyclic) bond motifs is 3. The Morgan fingerprint density at radius 2 is 1.69 bits per heavy atom. The SMILES string of the molecule is O=C(O)c1ccc(CCCCn2cc(C(=O)N3CC4CCC(C3)O4)c3ccccc32)cc1. The van der Waals surface area contributed by atoms with Crippen molar-refractivity contribution in [3.8, 4) is 0 Å². The molecule has 2 unspecified atom stereocenters. The summed E-state index contributed by atoms with van der Waals surface area (Å²) in [6.45, 7) is 2.22. The number of carbonyl (C=O) groups is 2. The van der Waals surface area contributed by atoms with E-state index in [2.05, 4.69) is 10.6 Å². The third-order valence-corrected chi connectivity index (χ3v) is 6.67. The minimum Gasteiger partial charge on any atom is -0.478 e. The average Bonchev–Trinajstić information content (AvgIpc) is 3.35. The number of hydrogen-bond donors (Lipinski definition) is 1. The van der Waals surface area contributed by atoms with Crippen LogP contribution < -0.4 is 0 Å². The van der Waals surface area contributed by atoms with Gasteiger partial charge in [-0.05, 0) is 55.9 Å². The van der Waals surface area contributed by atoms with E-state index in [1.807, 2.05) is 41.4 Å². The highest BCUT2D eigenvalue weighted by atomic mass is 16.5. The summed E-state index contributed by atoms with van der Waals surface area (Å²) in [5.74, 6) is -0.787. The van der Waals surface area contributed by atoms with E-state index in [-0.39, 0.29) is 18.1 Å². The number of unbranched alkanes of at least 4 members (excludes halogenated alkanes) is 1. The summed E-state index contributed by atoms with van der Waals surface area (Å²) in [6.07, 6.45) is 7.38. The zero-order valence-corrected chi connectivity index (χ0v) is 18.1. The lowest BCUT2D eigenvalue weighted by Crippen LogP contribution is -2.45. The molecule has 1 aromatic heterocycles. The first-order valence-corrected chi connectivity index (χ1v) is 11.4. The van der Waals surface area contributed by atoms with Crippen LogP contribution in [0.5, 0.6) is 0 Å². The molecule has 1 N–H and O–H groups in total. The Morgan fingerprint density at radius 1 is 0.969 bits per heavy atom. The number of benzene rings is 2. The molecule has 0 aliphatic carbocycles. The van der Waals surface area contributed by atoms with E-state index < -0.39 is 5.97 Å². The van der Waals surface area contributed by atoms with Crippen molar-refractivity contribution >= 4 is 22.8 Å². The molecule has 0 saturated carbocycles. The molecule has 0 radical (unpaired) electrons. The maximum absolute atomic E-state index is 13.4. The predicted octanol–water partition coefficient (Wildman–Crippen LogP) is 4.37. The molecule has 6 heteroatoms. The Hall–Kier alpha value is -3.12. The van der Waals surface area contributed by atoms with Gasteiger partial charge in [-0.25, -0.2) is 4.79 Å². The van der Waals surface area contributed by atoms with Crippen LogP contribution in [0.3, 0.4) is 0 Å². The van der Waals surface area contributed by atoms with Gasteiger partial charge < -0.3 is 19.3 Å². The summed E-state index contributed by atoms with van der Waals surface area (Å²) in [6, 6.07) is 15.2. The quantitative estimate of drug-likeness (QED) is 0.563. The third-order valence-electron chi connectivity index (χ3n) is 6.67. The first-order valence-electron chi connectivity index (χ1n) is 11.4. The predicted molar refractivity (Wildman–Crippen MR) is 122 cm³/mol. The number of nitrogens with zero attached hydrogens (tertiary/aromatic N) is 2. The Labute approximate surface area is 187 Å². The topological polar surface area (TPSA) is 71.8 Å². The number of carbonyl (C=O) groups excluding carboxylic acids is 1. The number of likely N-dealkylation sites (tertiary alicyclic amines) is 1. The summed E-state index contributed by atoms with van der Waals surface area (Å²) >= 11 is 0. The lowest BCUT2D eigenvalue weighted by Gasteiger charge is -2.32. The van der Waals surface area contributed by atoms with Gasteiger partial charge in [0.1, 0.15) is 0 Å². The van der Waals surface area contributed by atoms with Crippen molar-refractivity contribution in [1.29, 1.82) is 0 Å². The highest BCUT2D eigenvalue weighted by molar-refractivity contribution is 6.07. The molecular weight excluding hydrogens is 404 g/mol. The maximum Gasteiger partial charge on any atom is 0.335 e. The van der Waals surface area contributed by atoms with E-state index in [4.69, 9.17) is 9.84 Å². The van der Waals surface area contributed by atoms with Crippen molar-refractivity contribution in [2.45, 2.75) is 50.9 Å². The van der Waals surface area contributed by atoms with Gasteiger partial charge in [-0.15, -0.1) is 0 Å². The molecule has 2 aliphatic heterocycles. The molecule has 2 bridgehead atoms. The van der Waals surface area contributed by atoms with Crippen molar-refractivity contribution < 1.29 is 19.4 Å². The molecule has 1 amide bonds. The Kier molecular flexibility index (Phi) is 5.70. The summed E-state index contributed by atoms with van der Waals surface area (Å²) < 4.78 is 8.10. The fourth-order valence-electron chi connectivity index (χ4n) is 4.98. The monoisotopic (exact) mass is 432 g/mol. The van der Waals surface area contributed by atoms with Crippen LogP contribution in [0.4, 0.5) is 0 Å². The van der Waals surface area contributed by atoms with Gasteiger partial charge in [-0.3, -0.25) is 4.79 Å². The van der Waals surface area contributed by atoms with Gasteiger partial charge in [-0.1, -0.05) is 30.3 Å². The van der Waals surface area contributed by atoms with Crippen molar-refractivity contribution in [2.24, 2.45) is 0 Å². The lowest BCUT2D eigenvalue weighted by atomic mass is 10.1. The van der Waals surface area contributed by atoms with E-state index in [0.717, 1.165) is 60.7 Å². The minimum absolute atomic E-state index is 0.110. The van der Waals surface area contributed by atoms with E-state index in [1.165, 1.54) is 0 Å². The van der Waals surface area contributed by atoms with E-state index >= 15 is 0 Å². The molecule has 2 fully saturated rings. The van der Waals surface area contributed by atoms with Crippen molar-refractivity contribution in [3.05, 3.63) is 71.4 Å². The molecule has 2 saturated heterocycles. The molecule has 2 atom stereocenters. The van der Waals surface area contributed by atoms with Gasteiger partial charge in [-0.2, -0.15) is 0 Å². The molecule has 166 valence electrons. The molecular formula is C26H28N2O4. The third kappa shape index (κ3) is 4.15. The van der Waals surface area contributed by atoms with Crippen LogP contribution >= 0.6 is 0 Å². The van der Waals surface area contributed by atoms with Crippen LogP contribution in [0.1, 0.15) is 52.0 Å². The number of ether oxygens (including phenoxy) is 1. The first kappa shape index (κ1) is 20.8. The highest BCUT2D eigenvalue weighted by Gasteiger charge is 2.36. The summed E-state index contributed by atoms with van der Waals surface area (Å²) in [5.41, 5.74) is 3.34. The van der Waals surface area contributed by atoms with Gasteiger partial charge in [0.15, 0.2) is 0 Å². The van der Waals surface area contributed by atoms with Gasteiger partial charge in [0.2, 0.25) is 0 Å². The largest absolute Gasteiger partial charge is 0.478 e. The van der Waals surface area contributed by atoms with Crippen LogP contribution in [0.25, 0.3) is 10.9 Å². The van der Waals surface area contributed by atoms with Crippen LogP contribution in [0, 0.1) is 0 Å². The molecule has 6 nitrogen and oxygen atoms in total. The lowest BCUT2D eigenvalue weighted by molar-refractivity contribution is -0.0303. The molecule has 3 heterocycles. The van der Waals surface area contributed by atoms with Gasteiger partial charge in [0.25, 0.3) is 5.91 Å². The van der Waals surface area contributed by atoms with Crippen LogP contribution in [-0.4, -0.2) is 51.7 Å². The number of aryl methyl sites for hydroxylation is 2. The maximum atomic E-state index is 13.4. The van der Waals surface area contributed by atoms with Crippen LogP contribution in [0.15, 0.2) is 54.7 Å². The first-order chi connectivity index (χ1) is 15.6. The van der Waals surface area contributed by atoms with Crippen LogP contribution in [-0.2, 0) is 17.7 Å². The molecule has 2 aromatic carbocycles. The molecule has 3 aromatic rings. The fourth-order valence-corrected chi connectivity index (χ4v) is 4.98. The Balaban J connectivity index is 1.25. The van der Waals surface area contributed by atoms with Crippen molar-refractivity contribution in [2.75, 3.05) is 13.1 Å². The van der Waals surface area contributed by atoms with Crippen molar-refractivity contribution in [1.82, 2.24) is 9.47 Å². The molecule has 32 heavy (non-hydrogen) atoms. The number of aromatic carboxylic acids is 1. The van der Waals surface area contributed by atoms with E-state index in [0.29, 0.717) is 18.7 Å². The number of rotatable bonds is 7. The highest BCUT2D eigenvalue weighted by Crippen LogP contribution is 2.29.